The first kappa shape index (κ1) is 22.6. The van der Waals surface area contributed by atoms with Crippen LogP contribution in [-0.4, -0.2) is 44.3 Å². The molecule has 1 aliphatic heterocycles. The number of ether oxygens (including phenoxy) is 1. The number of anilines is 2. The van der Waals surface area contributed by atoms with Gasteiger partial charge in [-0.05, 0) is 29.7 Å². The van der Waals surface area contributed by atoms with Crippen LogP contribution in [-0.2, 0) is 16.1 Å². The van der Waals surface area contributed by atoms with Crippen LogP contribution >= 0.6 is 0 Å². The van der Waals surface area contributed by atoms with E-state index >= 15 is 0 Å². The van der Waals surface area contributed by atoms with Gasteiger partial charge in [-0.1, -0.05) is 44.2 Å². The molecule has 1 heterocycles. The van der Waals surface area contributed by atoms with Gasteiger partial charge in [0.15, 0.2) is 0 Å². The third kappa shape index (κ3) is 6.42. The van der Waals surface area contributed by atoms with Crippen LogP contribution in [0.3, 0.4) is 0 Å². The molecule has 0 spiro atoms. The first-order chi connectivity index (χ1) is 14.9. The van der Waals surface area contributed by atoms with Crippen LogP contribution in [0, 0.1) is 11.7 Å². The summed E-state index contributed by atoms with van der Waals surface area (Å²) in [5.41, 5.74) is 1.79. The molecular formula is C23H29FN4O3. The number of carbonyl (C=O) groups excluding carboxylic acids is 2. The summed E-state index contributed by atoms with van der Waals surface area (Å²) in [6.45, 7) is 6.40. The number of nitrogens with zero attached hydrogens (tertiary/aromatic N) is 1. The Morgan fingerprint density at radius 3 is 2.45 bits per heavy atom. The quantitative estimate of drug-likeness (QED) is 0.633. The number of carbonyl (C=O) groups is 2. The fraction of sp³-hybridized carbons (Fsp3) is 0.391. The number of amides is 3. The van der Waals surface area contributed by atoms with Gasteiger partial charge in [0, 0.05) is 25.3 Å². The van der Waals surface area contributed by atoms with Crippen LogP contribution in [0.15, 0.2) is 48.5 Å². The Hall–Kier alpha value is -3.13. The summed E-state index contributed by atoms with van der Waals surface area (Å²) in [5.74, 6) is -0.960. The van der Waals surface area contributed by atoms with E-state index in [1.165, 1.54) is 6.07 Å². The standard InChI is InChI=1S/C23H29FN4O3/c1-16(2)21(27-23(30)25-15-17-6-4-3-5-7-17)22(29)26-18-8-9-20(19(24)14-18)28-10-12-31-13-11-28/h3-9,14,16,21H,10-13,15H2,1-2H3,(H,26,29)(H2,25,27,30). The summed E-state index contributed by atoms with van der Waals surface area (Å²) >= 11 is 0. The van der Waals surface area contributed by atoms with Crippen molar-refractivity contribution >= 4 is 23.3 Å². The largest absolute Gasteiger partial charge is 0.378 e. The molecule has 3 N–H and O–H groups in total. The number of hydrogen-bond donors (Lipinski definition) is 3. The zero-order valence-electron chi connectivity index (χ0n) is 17.9. The number of benzene rings is 2. The van der Waals surface area contributed by atoms with E-state index in [2.05, 4.69) is 16.0 Å². The Morgan fingerprint density at radius 1 is 1.10 bits per heavy atom. The van der Waals surface area contributed by atoms with Gasteiger partial charge in [0.25, 0.3) is 0 Å². The zero-order valence-corrected chi connectivity index (χ0v) is 17.9. The predicted molar refractivity (Wildman–Crippen MR) is 119 cm³/mol. The first-order valence-corrected chi connectivity index (χ1v) is 10.5. The molecule has 0 radical (unpaired) electrons. The minimum Gasteiger partial charge on any atom is -0.378 e. The molecule has 1 saturated heterocycles. The molecule has 2 aromatic rings. The molecule has 1 aliphatic rings. The van der Waals surface area contributed by atoms with Crippen molar-refractivity contribution < 1.29 is 18.7 Å². The van der Waals surface area contributed by atoms with Gasteiger partial charge < -0.3 is 25.6 Å². The van der Waals surface area contributed by atoms with Crippen molar-refractivity contribution in [2.24, 2.45) is 5.92 Å². The van der Waals surface area contributed by atoms with Gasteiger partial charge >= 0.3 is 6.03 Å². The maximum Gasteiger partial charge on any atom is 0.315 e. The fourth-order valence-electron chi connectivity index (χ4n) is 3.37. The molecule has 31 heavy (non-hydrogen) atoms. The Balaban J connectivity index is 1.58. The summed E-state index contributed by atoms with van der Waals surface area (Å²) in [6, 6.07) is 12.9. The highest BCUT2D eigenvalue weighted by Gasteiger charge is 2.25. The molecule has 8 heteroatoms. The fourth-order valence-corrected chi connectivity index (χ4v) is 3.37. The van der Waals surface area contributed by atoms with Crippen LogP contribution in [0.4, 0.5) is 20.6 Å². The molecule has 1 atom stereocenters. The lowest BCUT2D eigenvalue weighted by Gasteiger charge is -2.29. The summed E-state index contributed by atoms with van der Waals surface area (Å²) in [4.78, 5) is 27.0. The number of nitrogens with one attached hydrogen (secondary N) is 3. The molecule has 0 bridgehead atoms. The van der Waals surface area contributed by atoms with Crippen molar-refractivity contribution in [3.05, 3.63) is 59.9 Å². The van der Waals surface area contributed by atoms with Gasteiger partial charge in [0.05, 0.1) is 18.9 Å². The third-order valence-corrected chi connectivity index (χ3v) is 5.10. The average Bonchev–Trinajstić information content (AvgIpc) is 2.77. The number of hydrogen-bond acceptors (Lipinski definition) is 4. The number of rotatable bonds is 7. The molecular weight excluding hydrogens is 399 g/mol. The van der Waals surface area contributed by atoms with Crippen molar-refractivity contribution in [1.29, 1.82) is 0 Å². The molecule has 166 valence electrons. The van der Waals surface area contributed by atoms with Gasteiger partial charge in [0.2, 0.25) is 5.91 Å². The summed E-state index contributed by atoms with van der Waals surface area (Å²) < 4.78 is 19.9. The highest BCUT2D eigenvalue weighted by molar-refractivity contribution is 5.97. The minimum absolute atomic E-state index is 0.153. The number of halogens is 1. The Morgan fingerprint density at radius 2 is 1.81 bits per heavy atom. The van der Waals surface area contributed by atoms with E-state index in [-0.39, 0.29) is 5.92 Å². The normalized spacial score (nSPS) is 14.8. The molecule has 7 nitrogen and oxygen atoms in total. The van der Waals surface area contributed by atoms with E-state index in [1.54, 1.807) is 12.1 Å². The van der Waals surface area contributed by atoms with E-state index in [4.69, 9.17) is 4.74 Å². The molecule has 1 fully saturated rings. The summed E-state index contributed by atoms with van der Waals surface area (Å²) in [6.07, 6.45) is 0. The van der Waals surface area contributed by atoms with E-state index in [9.17, 15) is 14.0 Å². The second-order valence-electron chi connectivity index (χ2n) is 7.79. The van der Waals surface area contributed by atoms with Gasteiger partial charge in [0.1, 0.15) is 11.9 Å². The smallest absolute Gasteiger partial charge is 0.315 e. The topological polar surface area (TPSA) is 82.7 Å². The van der Waals surface area contributed by atoms with Gasteiger partial charge in [-0.2, -0.15) is 0 Å². The molecule has 3 amide bonds. The third-order valence-electron chi connectivity index (χ3n) is 5.10. The van der Waals surface area contributed by atoms with Gasteiger partial charge in [-0.15, -0.1) is 0 Å². The molecule has 2 aromatic carbocycles. The molecule has 3 rings (SSSR count). The zero-order chi connectivity index (χ0) is 22.2. The Bertz CT molecular complexity index is 886. The van der Waals surface area contributed by atoms with Crippen molar-refractivity contribution in [1.82, 2.24) is 10.6 Å². The maximum absolute atomic E-state index is 14.6. The van der Waals surface area contributed by atoms with Crippen LogP contribution in [0.1, 0.15) is 19.4 Å². The highest BCUT2D eigenvalue weighted by atomic mass is 19.1. The van der Waals surface area contributed by atoms with E-state index < -0.39 is 23.8 Å². The molecule has 1 unspecified atom stereocenters. The van der Waals surface area contributed by atoms with E-state index in [0.717, 1.165) is 5.56 Å². The monoisotopic (exact) mass is 428 g/mol. The average molecular weight is 429 g/mol. The van der Waals surface area contributed by atoms with Gasteiger partial charge in [-0.25, -0.2) is 9.18 Å². The Kier molecular flexibility index (Phi) is 7.83. The first-order valence-electron chi connectivity index (χ1n) is 10.5. The van der Waals surface area contributed by atoms with Crippen molar-refractivity contribution in [2.45, 2.75) is 26.4 Å². The Labute approximate surface area is 182 Å². The molecule has 0 aromatic heterocycles. The van der Waals surface area contributed by atoms with Crippen molar-refractivity contribution in [2.75, 3.05) is 36.5 Å². The van der Waals surface area contributed by atoms with Crippen LogP contribution < -0.4 is 20.9 Å². The van der Waals surface area contributed by atoms with Crippen LogP contribution in [0.2, 0.25) is 0 Å². The number of morpholine rings is 1. The predicted octanol–water partition coefficient (Wildman–Crippen LogP) is 3.12. The van der Waals surface area contributed by atoms with Crippen molar-refractivity contribution in [3.8, 4) is 0 Å². The lowest BCUT2D eigenvalue weighted by Crippen LogP contribution is -2.50. The summed E-state index contributed by atoms with van der Waals surface area (Å²) in [5, 5.41) is 8.17. The lowest BCUT2D eigenvalue weighted by atomic mass is 10.0. The molecule has 0 saturated carbocycles. The van der Waals surface area contributed by atoms with Crippen molar-refractivity contribution in [3.63, 3.8) is 0 Å². The SMILES string of the molecule is CC(C)C(NC(=O)NCc1ccccc1)C(=O)Nc1ccc(N2CCOCC2)c(F)c1. The lowest BCUT2D eigenvalue weighted by molar-refractivity contribution is -0.118. The second kappa shape index (κ2) is 10.8. The number of urea groups is 1. The van der Waals surface area contributed by atoms with E-state index in [1.807, 2.05) is 49.1 Å². The van der Waals surface area contributed by atoms with Gasteiger partial charge in [-0.3, -0.25) is 4.79 Å². The second-order valence-corrected chi connectivity index (χ2v) is 7.79. The maximum atomic E-state index is 14.6. The van der Waals surface area contributed by atoms with E-state index in [0.29, 0.717) is 44.2 Å². The van der Waals surface area contributed by atoms with Crippen LogP contribution in [0.25, 0.3) is 0 Å². The molecule has 0 aliphatic carbocycles. The van der Waals surface area contributed by atoms with Crippen LogP contribution in [0.5, 0.6) is 0 Å². The summed E-state index contributed by atoms with van der Waals surface area (Å²) in [7, 11) is 0. The highest BCUT2D eigenvalue weighted by Crippen LogP contribution is 2.24. The minimum atomic E-state index is -0.766.